The van der Waals surface area contributed by atoms with Crippen molar-refractivity contribution in [3.63, 3.8) is 0 Å². The number of hydrogen-bond acceptors (Lipinski definition) is 0. The van der Waals surface area contributed by atoms with E-state index < -0.39 is 0 Å². The Bertz CT molecular complexity index is 910. The second-order valence-corrected chi connectivity index (χ2v) is 10.4. The van der Waals surface area contributed by atoms with Crippen molar-refractivity contribution < 1.29 is 0 Å². The molecule has 3 rings (SSSR count). The van der Waals surface area contributed by atoms with Gasteiger partial charge in [0.1, 0.15) is 7.85 Å². The van der Waals surface area contributed by atoms with Gasteiger partial charge < -0.3 is 0 Å². The van der Waals surface area contributed by atoms with E-state index in [2.05, 4.69) is 66.2 Å². The van der Waals surface area contributed by atoms with Gasteiger partial charge in [-0.3, -0.25) is 0 Å². The first-order chi connectivity index (χ1) is 15.7. The van der Waals surface area contributed by atoms with Gasteiger partial charge in [0.15, 0.2) is 0 Å². The molecule has 0 fully saturated rings. The highest BCUT2D eigenvalue weighted by Gasteiger charge is 2.15. The summed E-state index contributed by atoms with van der Waals surface area (Å²) in [4.78, 5) is 0. The summed E-state index contributed by atoms with van der Waals surface area (Å²) in [5, 5.41) is 5.55. The minimum atomic E-state index is 0.878. The van der Waals surface area contributed by atoms with E-state index in [9.17, 15) is 0 Å². The number of fused-ring (bicyclic) bond motifs is 3. The molecule has 0 aliphatic rings. The van der Waals surface area contributed by atoms with Crippen molar-refractivity contribution in [2.45, 2.75) is 104 Å². The summed E-state index contributed by atoms with van der Waals surface area (Å²) in [5.74, 6) is 0. The lowest BCUT2D eigenvalue weighted by molar-refractivity contribution is 0.600. The van der Waals surface area contributed by atoms with Crippen molar-refractivity contribution in [1.82, 2.24) is 0 Å². The molecule has 0 amide bonds. The molecule has 0 saturated carbocycles. The Balaban J connectivity index is 1.93. The number of rotatable bonds is 14. The highest BCUT2D eigenvalue weighted by molar-refractivity contribution is 9.10. The SMILES string of the molecule is [B]c1ccc2c(c1)c(CCCCCCCC)c(CCCCCCCC)c1cc(Br)ccc12. The smallest absolute Gasteiger partial charge is 0.0960 e. The van der Waals surface area contributed by atoms with Crippen LogP contribution in [-0.4, -0.2) is 7.85 Å². The van der Waals surface area contributed by atoms with Crippen molar-refractivity contribution in [1.29, 1.82) is 0 Å². The van der Waals surface area contributed by atoms with Crippen molar-refractivity contribution in [2.24, 2.45) is 0 Å². The summed E-state index contributed by atoms with van der Waals surface area (Å²) in [6.07, 6.45) is 18.4. The van der Waals surface area contributed by atoms with Gasteiger partial charge in [-0.1, -0.05) is 124 Å². The molecule has 3 aromatic carbocycles. The Morgan fingerprint density at radius 1 is 0.562 bits per heavy atom. The molecule has 0 bridgehead atoms. The van der Waals surface area contributed by atoms with Gasteiger partial charge >= 0.3 is 0 Å². The largest absolute Gasteiger partial charge is 0.113 e. The predicted molar refractivity (Wildman–Crippen MR) is 149 cm³/mol. The molecule has 0 N–H and O–H groups in total. The molecular formula is C30H40BBr. The first-order valence-electron chi connectivity index (χ1n) is 13.1. The van der Waals surface area contributed by atoms with Crippen LogP contribution in [0.25, 0.3) is 21.5 Å². The highest BCUT2D eigenvalue weighted by atomic mass is 79.9. The third kappa shape index (κ3) is 6.86. The monoisotopic (exact) mass is 490 g/mol. The van der Waals surface area contributed by atoms with Gasteiger partial charge in [0.05, 0.1) is 0 Å². The number of aryl methyl sites for hydroxylation is 2. The van der Waals surface area contributed by atoms with Gasteiger partial charge in [-0.25, -0.2) is 0 Å². The van der Waals surface area contributed by atoms with E-state index in [4.69, 9.17) is 7.85 Å². The zero-order chi connectivity index (χ0) is 22.8. The average Bonchev–Trinajstić information content (AvgIpc) is 2.79. The van der Waals surface area contributed by atoms with Crippen LogP contribution in [0.15, 0.2) is 40.9 Å². The maximum absolute atomic E-state index is 6.28. The fourth-order valence-electron chi connectivity index (χ4n) is 5.11. The summed E-state index contributed by atoms with van der Waals surface area (Å²) in [6, 6.07) is 13.3. The Morgan fingerprint density at radius 3 is 1.59 bits per heavy atom. The zero-order valence-corrected chi connectivity index (χ0v) is 21.9. The molecule has 2 radical (unpaired) electrons. The van der Waals surface area contributed by atoms with Crippen molar-refractivity contribution in [3.8, 4) is 0 Å². The molecule has 0 heterocycles. The van der Waals surface area contributed by atoms with Crippen LogP contribution in [0.4, 0.5) is 0 Å². The molecule has 0 nitrogen and oxygen atoms in total. The average molecular weight is 491 g/mol. The van der Waals surface area contributed by atoms with E-state index in [1.165, 1.54) is 116 Å². The molecule has 0 aromatic heterocycles. The summed E-state index contributed by atoms with van der Waals surface area (Å²) in [6.45, 7) is 4.58. The second kappa shape index (κ2) is 13.4. The second-order valence-electron chi connectivity index (χ2n) is 9.49. The molecule has 2 heteroatoms. The fraction of sp³-hybridized carbons (Fsp3) is 0.533. The number of benzene rings is 3. The Labute approximate surface area is 206 Å². The van der Waals surface area contributed by atoms with Crippen LogP contribution in [0.5, 0.6) is 0 Å². The maximum atomic E-state index is 6.28. The Hall–Kier alpha value is -1.28. The summed E-state index contributed by atoms with van der Waals surface area (Å²) < 4.78 is 1.18. The quantitative estimate of drug-likeness (QED) is 0.120. The first-order valence-corrected chi connectivity index (χ1v) is 13.9. The van der Waals surface area contributed by atoms with Gasteiger partial charge in [-0.05, 0) is 70.5 Å². The molecule has 32 heavy (non-hydrogen) atoms. The highest BCUT2D eigenvalue weighted by Crippen LogP contribution is 2.36. The van der Waals surface area contributed by atoms with Crippen molar-refractivity contribution in [3.05, 3.63) is 52.0 Å². The van der Waals surface area contributed by atoms with Crippen LogP contribution in [0.1, 0.15) is 102 Å². The summed E-state index contributed by atoms with van der Waals surface area (Å²) in [7, 11) is 6.28. The van der Waals surface area contributed by atoms with Crippen LogP contribution in [0.3, 0.4) is 0 Å². The van der Waals surface area contributed by atoms with Crippen LogP contribution < -0.4 is 5.46 Å². The maximum Gasteiger partial charge on any atom is 0.113 e. The zero-order valence-electron chi connectivity index (χ0n) is 20.3. The topological polar surface area (TPSA) is 0 Å². The molecule has 0 atom stereocenters. The van der Waals surface area contributed by atoms with Crippen LogP contribution in [-0.2, 0) is 12.8 Å². The molecule has 0 spiro atoms. The fourth-order valence-corrected chi connectivity index (χ4v) is 5.47. The Morgan fingerprint density at radius 2 is 1.03 bits per heavy atom. The Kier molecular flexibility index (Phi) is 10.6. The van der Waals surface area contributed by atoms with Crippen LogP contribution >= 0.6 is 15.9 Å². The number of hydrogen-bond donors (Lipinski definition) is 0. The summed E-state index contributed by atoms with van der Waals surface area (Å²) in [5.41, 5.74) is 4.01. The molecule has 0 aliphatic carbocycles. The molecule has 0 unspecified atom stereocenters. The first kappa shape index (κ1) is 25.3. The van der Waals surface area contributed by atoms with Crippen molar-refractivity contribution in [2.75, 3.05) is 0 Å². The minimum Gasteiger partial charge on any atom is -0.0960 e. The van der Waals surface area contributed by atoms with E-state index in [0.29, 0.717) is 0 Å². The standard InChI is InChI=1S/C30H40BBr/c1-3-5-7-9-11-13-15-25-26(16-14-12-10-8-6-4-2)30-22-24(32)18-20-28(30)27-19-17-23(31)21-29(25)27/h17-22H,3-16H2,1-2H3. The van der Waals surface area contributed by atoms with Crippen LogP contribution in [0, 0.1) is 0 Å². The van der Waals surface area contributed by atoms with Gasteiger partial charge in [0, 0.05) is 4.47 Å². The van der Waals surface area contributed by atoms with Gasteiger partial charge in [-0.15, -0.1) is 0 Å². The molecule has 170 valence electrons. The number of unbranched alkanes of at least 4 members (excludes halogenated alkanes) is 10. The lowest BCUT2D eigenvalue weighted by Gasteiger charge is -2.19. The molecular weight excluding hydrogens is 451 g/mol. The lowest BCUT2D eigenvalue weighted by Crippen LogP contribution is -2.05. The van der Waals surface area contributed by atoms with E-state index in [1.807, 2.05) is 0 Å². The molecule has 0 aliphatic heterocycles. The van der Waals surface area contributed by atoms with E-state index in [-0.39, 0.29) is 0 Å². The summed E-state index contributed by atoms with van der Waals surface area (Å²) >= 11 is 3.75. The van der Waals surface area contributed by atoms with Gasteiger partial charge in [0.2, 0.25) is 0 Å². The normalized spacial score (nSPS) is 11.6. The van der Waals surface area contributed by atoms with E-state index in [1.54, 1.807) is 11.1 Å². The third-order valence-electron chi connectivity index (χ3n) is 6.89. The van der Waals surface area contributed by atoms with Crippen molar-refractivity contribution >= 4 is 50.8 Å². The van der Waals surface area contributed by atoms with Gasteiger partial charge in [0.25, 0.3) is 0 Å². The third-order valence-corrected chi connectivity index (χ3v) is 7.38. The van der Waals surface area contributed by atoms with E-state index in [0.717, 1.165) is 5.46 Å². The van der Waals surface area contributed by atoms with E-state index >= 15 is 0 Å². The lowest BCUT2D eigenvalue weighted by atomic mass is 9.84. The predicted octanol–water partition coefficient (Wildman–Crippen LogP) is 9.36. The molecule has 0 saturated heterocycles. The molecule has 3 aromatic rings. The minimum absolute atomic E-state index is 0.878. The van der Waals surface area contributed by atoms with Crippen LogP contribution in [0.2, 0.25) is 0 Å². The number of halogens is 1. The van der Waals surface area contributed by atoms with Gasteiger partial charge in [-0.2, -0.15) is 0 Å².